The third-order valence-electron chi connectivity index (χ3n) is 4.06. The summed E-state index contributed by atoms with van der Waals surface area (Å²) >= 11 is 0. The topological polar surface area (TPSA) is 82.7 Å². The molecule has 2 heterocycles. The average molecular weight is 273 g/mol. The number of carbonyl (C=O) groups excluding carboxylic acids is 1. The van der Waals surface area contributed by atoms with Crippen LogP contribution in [0.15, 0.2) is 18.5 Å². The van der Waals surface area contributed by atoms with Gasteiger partial charge in [-0.2, -0.15) is 0 Å². The molecule has 1 unspecified atom stereocenters. The van der Waals surface area contributed by atoms with Gasteiger partial charge < -0.3 is 10.3 Å². The number of hydrogen-bond acceptors (Lipinski definition) is 3. The highest BCUT2D eigenvalue weighted by Gasteiger charge is 2.35. The molecule has 6 heteroatoms. The molecule has 3 N–H and O–H groups in total. The van der Waals surface area contributed by atoms with Crippen molar-refractivity contribution in [3.05, 3.63) is 18.5 Å². The Morgan fingerprint density at radius 2 is 2.35 bits per heavy atom. The molecule has 6 nitrogen and oxygen atoms in total. The summed E-state index contributed by atoms with van der Waals surface area (Å²) in [6.45, 7) is 4.38. The predicted molar refractivity (Wildman–Crippen MR) is 77.5 cm³/mol. The van der Waals surface area contributed by atoms with Gasteiger partial charge in [0.15, 0.2) is 11.5 Å². The summed E-state index contributed by atoms with van der Waals surface area (Å²) in [7, 11) is 0. The molecule has 0 aromatic carbocycles. The predicted octanol–water partition coefficient (Wildman–Crippen LogP) is 2.66. The molecule has 1 aliphatic carbocycles. The maximum atomic E-state index is 12.0. The number of aromatic amines is 1. The molecule has 20 heavy (non-hydrogen) atoms. The first-order valence-electron chi connectivity index (χ1n) is 6.92. The van der Waals surface area contributed by atoms with Crippen molar-refractivity contribution < 1.29 is 4.79 Å². The lowest BCUT2D eigenvalue weighted by Crippen LogP contribution is -2.43. The minimum Gasteiger partial charge on any atom is -0.345 e. The van der Waals surface area contributed by atoms with Gasteiger partial charge in [-0.1, -0.05) is 20.3 Å². The zero-order valence-electron chi connectivity index (χ0n) is 11.7. The highest BCUT2D eigenvalue weighted by Crippen LogP contribution is 2.37. The first-order chi connectivity index (χ1) is 9.54. The second-order valence-electron chi connectivity index (χ2n) is 6.00. The van der Waals surface area contributed by atoms with Gasteiger partial charge in [-0.3, -0.25) is 5.32 Å². The van der Waals surface area contributed by atoms with Crippen molar-refractivity contribution in [2.24, 2.45) is 5.41 Å². The zero-order valence-corrected chi connectivity index (χ0v) is 11.7. The third-order valence-corrected chi connectivity index (χ3v) is 4.06. The minimum atomic E-state index is -0.214. The molecule has 1 atom stereocenters. The molecule has 2 aromatic rings. The number of carbonyl (C=O) groups is 1. The molecule has 0 bridgehead atoms. The Morgan fingerprint density at radius 1 is 1.50 bits per heavy atom. The molecule has 0 radical (unpaired) electrons. The number of hydrogen-bond donors (Lipinski definition) is 3. The van der Waals surface area contributed by atoms with E-state index in [0.717, 1.165) is 24.8 Å². The van der Waals surface area contributed by atoms with Gasteiger partial charge in [0.1, 0.15) is 5.52 Å². The molecular weight excluding hydrogens is 254 g/mol. The zero-order chi connectivity index (χ0) is 14.2. The van der Waals surface area contributed by atoms with E-state index in [0.29, 0.717) is 11.5 Å². The molecular formula is C14H19N5O. The monoisotopic (exact) mass is 273 g/mol. The summed E-state index contributed by atoms with van der Waals surface area (Å²) in [6, 6.07) is 1.83. The lowest BCUT2D eigenvalue weighted by atomic mass is 9.87. The lowest BCUT2D eigenvalue weighted by Gasteiger charge is -2.27. The van der Waals surface area contributed by atoms with Crippen molar-refractivity contribution in [3.8, 4) is 0 Å². The Bertz CT molecular complexity index is 633. The molecule has 2 aromatic heterocycles. The van der Waals surface area contributed by atoms with Crippen LogP contribution in [-0.4, -0.2) is 27.0 Å². The fraction of sp³-hybridized carbons (Fsp3) is 0.500. The van der Waals surface area contributed by atoms with E-state index in [-0.39, 0.29) is 17.5 Å². The fourth-order valence-corrected chi connectivity index (χ4v) is 2.80. The summed E-state index contributed by atoms with van der Waals surface area (Å²) in [5.74, 6) is 0.463. The number of urea groups is 1. The van der Waals surface area contributed by atoms with Gasteiger partial charge in [0.05, 0.1) is 6.20 Å². The van der Waals surface area contributed by atoms with Crippen molar-refractivity contribution in [1.29, 1.82) is 0 Å². The number of amides is 2. The molecule has 1 aliphatic rings. The number of aromatic nitrogens is 3. The van der Waals surface area contributed by atoms with Crippen molar-refractivity contribution in [1.82, 2.24) is 20.3 Å². The van der Waals surface area contributed by atoms with Gasteiger partial charge in [-0.25, -0.2) is 14.8 Å². The van der Waals surface area contributed by atoms with E-state index >= 15 is 0 Å². The number of nitrogens with one attached hydrogen (secondary N) is 3. The fourth-order valence-electron chi connectivity index (χ4n) is 2.80. The van der Waals surface area contributed by atoms with Gasteiger partial charge in [0.2, 0.25) is 0 Å². The molecule has 0 aliphatic heterocycles. The maximum Gasteiger partial charge on any atom is 0.320 e. The van der Waals surface area contributed by atoms with Crippen LogP contribution in [0, 0.1) is 5.41 Å². The highest BCUT2D eigenvalue weighted by atomic mass is 16.2. The van der Waals surface area contributed by atoms with Gasteiger partial charge in [0, 0.05) is 12.2 Å². The van der Waals surface area contributed by atoms with Crippen molar-refractivity contribution in [2.45, 2.75) is 39.2 Å². The second kappa shape index (κ2) is 4.77. The smallest absolute Gasteiger partial charge is 0.320 e. The first kappa shape index (κ1) is 12.9. The first-order valence-corrected chi connectivity index (χ1v) is 6.92. The summed E-state index contributed by atoms with van der Waals surface area (Å²) in [5.41, 5.74) is 1.62. The number of rotatable bonds is 2. The van der Waals surface area contributed by atoms with Crippen LogP contribution in [0.1, 0.15) is 33.1 Å². The van der Waals surface area contributed by atoms with Crippen molar-refractivity contribution in [3.63, 3.8) is 0 Å². The van der Waals surface area contributed by atoms with Crippen molar-refractivity contribution >= 4 is 23.0 Å². The van der Waals surface area contributed by atoms with E-state index in [1.165, 1.54) is 0 Å². The van der Waals surface area contributed by atoms with E-state index in [2.05, 4.69) is 39.4 Å². The van der Waals surface area contributed by atoms with E-state index in [9.17, 15) is 4.79 Å². The Morgan fingerprint density at radius 3 is 3.10 bits per heavy atom. The van der Waals surface area contributed by atoms with Gasteiger partial charge in [-0.05, 0) is 24.3 Å². The van der Waals surface area contributed by atoms with Crippen LogP contribution in [0.5, 0.6) is 0 Å². The lowest BCUT2D eigenvalue weighted by molar-refractivity contribution is 0.233. The van der Waals surface area contributed by atoms with E-state index in [1.54, 1.807) is 12.4 Å². The molecule has 2 amide bonds. The molecule has 3 rings (SSSR count). The van der Waals surface area contributed by atoms with Gasteiger partial charge in [0.25, 0.3) is 0 Å². The Labute approximate surface area is 117 Å². The Balaban J connectivity index is 1.66. The normalized spacial score (nSPS) is 21.0. The van der Waals surface area contributed by atoms with Crippen LogP contribution in [0.4, 0.5) is 10.6 Å². The van der Waals surface area contributed by atoms with Crippen LogP contribution in [0.3, 0.4) is 0 Å². The molecule has 0 spiro atoms. The van der Waals surface area contributed by atoms with Crippen LogP contribution >= 0.6 is 0 Å². The molecule has 1 fully saturated rings. The molecule has 106 valence electrons. The van der Waals surface area contributed by atoms with E-state index in [4.69, 9.17) is 0 Å². The van der Waals surface area contributed by atoms with Gasteiger partial charge >= 0.3 is 6.03 Å². The Kier molecular flexibility index (Phi) is 3.08. The van der Waals surface area contributed by atoms with Crippen LogP contribution in [0.2, 0.25) is 0 Å². The Hall–Kier alpha value is -2.11. The number of anilines is 1. The number of H-pyrrole nitrogens is 1. The number of nitrogens with zero attached hydrogens (tertiary/aromatic N) is 2. The third kappa shape index (κ3) is 2.45. The SMILES string of the molecule is CC1(C)CCCC1NC(=O)Nc1cnc2[nH]ccc2n1. The van der Waals surface area contributed by atoms with Crippen LogP contribution < -0.4 is 10.6 Å². The highest BCUT2D eigenvalue weighted by molar-refractivity contribution is 5.89. The minimum absolute atomic E-state index is 0.160. The quantitative estimate of drug-likeness (QED) is 0.786. The second-order valence-corrected chi connectivity index (χ2v) is 6.00. The maximum absolute atomic E-state index is 12.0. The average Bonchev–Trinajstić information content (AvgIpc) is 2.96. The van der Waals surface area contributed by atoms with E-state index in [1.807, 2.05) is 6.07 Å². The van der Waals surface area contributed by atoms with E-state index < -0.39 is 0 Å². The molecule has 0 saturated heterocycles. The summed E-state index contributed by atoms with van der Waals surface area (Å²) in [5, 5.41) is 5.78. The number of fused-ring (bicyclic) bond motifs is 1. The van der Waals surface area contributed by atoms with Crippen LogP contribution in [-0.2, 0) is 0 Å². The standard InChI is InChI=1S/C14H19N5O/c1-14(2)6-3-4-10(14)18-13(20)19-11-8-16-12-9(17-11)5-7-15-12/h5,7-8,10H,3-4,6H2,1-2H3,(H,15,16)(H2,17,18,19,20). The van der Waals surface area contributed by atoms with Gasteiger partial charge in [-0.15, -0.1) is 0 Å². The van der Waals surface area contributed by atoms with Crippen molar-refractivity contribution in [2.75, 3.05) is 5.32 Å². The summed E-state index contributed by atoms with van der Waals surface area (Å²) in [6.07, 6.45) is 6.66. The molecule has 1 saturated carbocycles. The van der Waals surface area contributed by atoms with Crippen LogP contribution in [0.25, 0.3) is 11.2 Å². The largest absolute Gasteiger partial charge is 0.345 e. The summed E-state index contributed by atoms with van der Waals surface area (Å²) < 4.78 is 0. The summed E-state index contributed by atoms with van der Waals surface area (Å²) in [4.78, 5) is 23.5.